The van der Waals surface area contributed by atoms with Gasteiger partial charge in [-0.15, -0.1) is 0 Å². The molecule has 1 unspecified atom stereocenters. The van der Waals surface area contributed by atoms with E-state index < -0.39 is 0 Å². The highest BCUT2D eigenvalue weighted by atomic mass is 15.3. The summed E-state index contributed by atoms with van der Waals surface area (Å²) in [6.45, 7) is 4.26. The SMILES string of the molecule is Cc1cc2cc(CC(C)c3cc4ccccc4cc3N)ccc2c[n+]1N. The van der Waals surface area contributed by atoms with Crippen LogP contribution < -0.4 is 16.3 Å². The zero-order valence-corrected chi connectivity index (χ0v) is 15.2. The third kappa shape index (κ3) is 2.97. The van der Waals surface area contributed by atoms with Crippen LogP contribution in [-0.2, 0) is 6.42 Å². The van der Waals surface area contributed by atoms with Gasteiger partial charge in [0.25, 0.3) is 0 Å². The van der Waals surface area contributed by atoms with Gasteiger partial charge in [0.15, 0.2) is 0 Å². The Kier molecular flexibility index (Phi) is 4.00. The number of benzene rings is 3. The number of hydrogen-bond acceptors (Lipinski definition) is 2. The first-order chi connectivity index (χ1) is 12.5. The maximum atomic E-state index is 6.35. The molecule has 0 aliphatic rings. The maximum Gasteiger partial charge on any atom is 0.209 e. The maximum absolute atomic E-state index is 6.35. The Hall–Kier alpha value is -3.07. The van der Waals surface area contributed by atoms with Gasteiger partial charge in [-0.3, -0.25) is 0 Å². The van der Waals surface area contributed by atoms with Crippen LogP contribution in [0.15, 0.2) is 66.9 Å². The number of anilines is 1. The first kappa shape index (κ1) is 16.4. The summed E-state index contributed by atoms with van der Waals surface area (Å²) in [6.07, 6.45) is 2.92. The second-order valence-corrected chi connectivity index (χ2v) is 7.22. The average molecular weight is 342 g/mol. The van der Waals surface area contributed by atoms with Crippen LogP contribution in [0.1, 0.15) is 29.7 Å². The zero-order chi connectivity index (χ0) is 18.3. The zero-order valence-electron chi connectivity index (χ0n) is 15.2. The van der Waals surface area contributed by atoms with Crippen LogP contribution in [0.25, 0.3) is 21.5 Å². The third-order valence-electron chi connectivity index (χ3n) is 5.23. The minimum atomic E-state index is 0.348. The number of hydrogen-bond donors (Lipinski definition) is 2. The molecule has 130 valence electrons. The van der Waals surface area contributed by atoms with Gasteiger partial charge >= 0.3 is 0 Å². The summed E-state index contributed by atoms with van der Waals surface area (Å²) in [5.74, 6) is 6.29. The van der Waals surface area contributed by atoms with Crippen molar-refractivity contribution in [3.8, 4) is 0 Å². The van der Waals surface area contributed by atoms with Crippen molar-refractivity contribution in [3.63, 3.8) is 0 Å². The number of pyridine rings is 1. The molecule has 26 heavy (non-hydrogen) atoms. The van der Waals surface area contributed by atoms with E-state index in [0.717, 1.165) is 23.2 Å². The Bertz CT molecular complexity index is 1120. The van der Waals surface area contributed by atoms with Gasteiger partial charge in [-0.05, 0) is 57.8 Å². The lowest BCUT2D eigenvalue weighted by Gasteiger charge is -2.16. The first-order valence-corrected chi connectivity index (χ1v) is 8.99. The number of aromatic nitrogens is 1. The topological polar surface area (TPSA) is 55.9 Å². The fraction of sp³-hybridized carbons (Fsp3) is 0.174. The van der Waals surface area contributed by atoms with Crippen molar-refractivity contribution in [2.45, 2.75) is 26.2 Å². The number of nitrogens with zero attached hydrogens (tertiary/aromatic N) is 1. The van der Waals surface area contributed by atoms with Crippen molar-refractivity contribution >= 4 is 27.2 Å². The monoisotopic (exact) mass is 342 g/mol. The highest BCUT2D eigenvalue weighted by molar-refractivity contribution is 5.87. The van der Waals surface area contributed by atoms with Crippen molar-refractivity contribution in [3.05, 3.63) is 83.7 Å². The Balaban J connectivity index is 1.67. The number of rotatable bonds is 3. The van der Waals surface area contributed by atoms with Crippen molar-refractivity contribution in [2.75, 3.05) is 11.6 Å². The molecule has 0 saturated carbocycles. The van der Waals surface area contributed by atoms with Crippen molar-refractivity contribution in [1.29, 1.82) is 0 Å². The van der Waals surface area contributed by atoms with Gasteiger partial charge in [-0.25, -0.2) is 5.84 Å². The molecule has 0 aliphatic heterocycles. The molecule has 0 radical (unpaired) electrons. The van der Waals surface area contributed by atoms with E-state index in [-0.39, 0.29) is 0 Å². The quantitative estimate of drug-likeness (QED) is 0.332. The van der Waals surface area contributed by atoms with Gasteiger partial charge in [0, 0.05) is 24.1 Å². The van der Waals surface area contributed by atoms with Gasteiger partial charge in [-0.2, -0.15) is 0 Å². The van der Waals surface area contributed by atoms with E-state index in [1.165, 1.54) is 27.3 Å². The molecule has 0 amide bonds. The Labute approximate surface area is 153 Å². The van der Waals surface area contributed by atoms with Crippen LogP contribution in [0.3, 0.4) is 0 Å². The lowest BCUT2D eigenvalue weighted by molar-refractivity contribution is -0.644. The molecule has 1 atom stereocenters. The van der Waals surface area contributed by atoms with Gasteiger partial charge in [-0.1, -0.05) is 48.0 Å². The minimum absolute atomic E-state index is 0.348. The Morgan fingerprint density at radius 2 is 1.62 bits per heavy atom. The van der Waals surface area contributed by atoms with E-state index in [1.54, 1.807) is 4.68 Å². The van der Waals surface area contributed by atoms with E-state index in [2.05, 4.69) is 61.5 Å². The lowest BCUT2D eigenvalue weighted by atomic mass is 9.90. The van der Waals surface area contributed by atoms with Crippen LogP contribution >= 0.6 is 0 Å². The van der Waals surface area contributed by atoms with Crippen LogP contribution in [0, 0.1) is 6.92 Å². The number of aryl methyl sites for hydroxylation is 1. The Morgan fingerprint density at radius 3 is 2.38 bits per heavy atom. The fourth-order valence-electron chi connectivity index (χ4n) is 3.71. The highest BCUT2D eigenvalue weighted by Crippen LogP contribution is 2.30. The third-order valence-corrected chi connectivity index (χ3v) is 5.23. The molecule has 3 nitrogen and oxygen atoms in total. The number of fused-ring (bicyclic) bond motifs is 2. The Morgan fingerprint density at radius 1 is 0.885 bits per heavy atom. The molecular formula is C23H24N3+. The van der Waals surface area contributed by atoms with Crippen LogP contribution in [0.5, 0.6) is 0 Å². The molecule has 1 aromatic heterocycles. The summed E-state index contributed by atoms with van der Waals surface area (Å²) < 4.78 is 1.67. The summed E-state index contributed by atoms with van der Waals surface area (Å²) in [7, 11) is 0. The molecule has 3 heteroatoms. The van der Waals surface area contributed by atoms with Gasteiger partial charge < -0.3 is 5.73 Å². The predicted octanol–water partition coefficient (Wildman–Crippen LogP) is 4.23. The van der Waals surface area contributed by atoms with E-state index in [1.807, 2.05) is 19.2 Å². The van der Waals surface area contributed by atoms with Crippen molar-refractivity contribution in [1.82, 2.24) is 0 Å². The molecule has 4 aromatic rings. The van der Waals surface area contributed by atoms with Crippen LogP contribution in [-0.4, -0.2) is 0 Å². The summed E-state index contributed by atoms with van der Waals surface area (Å²) in [5, 5.41) is 4.81. The largest absolute Gasteiger partial charge is 0.398 e. The van der Waals surface area contributed by atoms with E-state index in [0.29, 0.717) is 5.92 Å². The van der Waals surface area contributed by atoms with Gasteiger partial charge in [0.05, 0.1) is 0 Å². The second kappa shape index (κ2) is 6.34. The molecule has 3 aromatic carbocycles. The van der Waals surface area contributed by atoms with Crippen LogP contribution in [0.4, 0.5) is 5.69 Å². The van der Waals surface area contributed by atoms with E-state index >= 15 is 0 Å². The molecule has 4 N–H and O–H groups in total. The first-order valence-electron chi connectivity index (χ1n) is 8.99. The fourth-order valence-corrected chi connectivity index (χ4v) is 3.71. The molecule has 0 spiro atoms. The molecule has 0 aliphatic carbocycles. The van der Waals surface area contributed by atoms with E-state index in [9.17, 15) is 0 Å². The van der Waals surface area contributed by atoms with E-state index in [4.69, 9.17) is 11.6 Å². The predicted molar refractivity (Wildman–Crippen MR) is 110 cm³/mol. The smallest absolute Gasteiger partial charge is 0.209 e. The minimum Gasteiger partial charge on any atom is -0.398 e. The van der Waals surface area contributed by atoms with Crippen LogP contribution in [0.2, 0.25) is 0 Å². The standard InChI is InChI=1S/C23H24N3/c1-15(22-12-18-5-3-4-6-19(18)13-23(22)24)9-17-7-8-20-14-26(25)16(2)10-21(20)11-17/h3-8,10-15H,9,24-25H2,1-2H3/q+1. The molecule has 1 heterocycles. The molecule has 0 bridgehead atoms. The molecule has 0 saturated heterocycles. The summed E-state index contributed by atoms with van der Waals surface area (Å²) in [4.78, 5) is 0. The average Bonchev–Trinajstić information content (AvgIpc) is 2.62. The van der Waals surface area contributed by atoms with Gasteiger partial charge in [0.2, 0.25) is 11.9 Å². The number of nitrogen functional groups attached to an aromatic ring is 2. The summed E-state index contributed by atoms with van der Waals surface area (Å²) in [6, 6.07) is 21.4. The van der Waals surface area contributed by atoms with Gasteiger partial charge in [0.1, 0.15) is 0 Å². The summed E-state index contributed by atoms with van der Waals surface area (Å²) >= 11 is 0. The normalized spacial score (nSPS) is 12.5. The van der Waals surface area contributed by atoms with Crippen molar-refractivity contribution < 1.29 is 4.68 Å². The second-order valence-electron chi connectivity index (χ2n) is 7.22. The van der Waals surface area contributed by atoms with Crippen molar-refractivity contribution in [2.24, 2.45) is 0 Å². The number of nitrogens with two attached hydrogens (primary N) is 2. The molecule has 0 fully saturated rings. The summed E-state index contributed by atoms with van der Waals surface area (Å²) in [5.41, 5.74) is 10.8. The molecular weight excluding hydrogens is 318 g/mol. The molecule has 4 rings (SSSR count). The highest BCUT2D eigenvalue weighted by Gasteiger charge is 2.13. The lowest BCUT2D eigenvalue weighted by Crippen LogP contribution is -2.46.